The third-order valence-electron chi connectivity index (χ3n) is 10.9. The Balaban J connectivity index is 1.23. The third-order valence-corrected chi connectivity index (χ3v) is 10.9. The smallest absolute Gasteiger partial charge is 0.0553 e. The van der Waals surface area contributed by atoms with Gasteiger partial charge in [-0.25, -0.2) is 0 Å². The largest absolute Gasteiger partial charge is 0.309 e. The SMILES string of the molecule is CC(C)(C)c1ccc(-n2c3ccc4ccccc4c3c3c4ccccc4c(-c4ccc(-c5cc6ccccc6c6ccccc56)cc4)cc32)cc1. The number of benzene rings is 9. The standard InChI is InChI=1S/C50H37N/c1-50(2,3)36-25-27-37(28-26-36)51-46-29-24-32-12-4-7-15-39(32)48(46)49-43-19-11-10-18-42(43)45(31-47(49)51)34-22-20-33(21-23-34)44-30-35-13-5-6-14-38(35)40-16-8-9-17-41(40)44/h4-31H,1-3H3. The summed E-state index contributed by atoms with van der Waals surface area (Å²) in [6.45, 7) is 6.84. The molecule has 0 saturated heterocycles. The van der Waals surface area contributed by atoms with E-state index < -0.39 is 0 Å². The highest BCUT2D eigenvalue weighted by atomic mass is 15.0. The molecule has 9 aromatic carbocycles. The lowest BCUT2D eigenvalue weighted by atomic mass is 9.87. The van der Waals surface area contributed by atoms with Crippen molar-refractivity contribution in [2.24, 2.45) is 0 Å². The van der Waals surface area contributed by atoms with Gasteiger partial charge in [-0.05, 0) is 107 Å². The van der Waals surface area contributed by atoms with Crippen molar-refractivity contribution in [1.29, 1.82) is 0 Å². The van der Waals surface area contributed by atoms with E-state index in [1.165, 1.54) is 98.4 Å². The van der Waals surface area contributed by atoms with Crippen LogP contribution in [0.25, 0.3) is 92.8 Å². The Morgan fingerprint density at radius 1 is 0.373 bits per heavy atom. The Morgan fingerprint density at radius 2 is 0.882 bits per heavy atom. The van der Waals surface area contributed by atoms with Crippen LogP contribution in [-0.2, 0) is 5.41 Å². The molecular weight excluding hydrogens is 615 g/mol. The summed E-state index contributed by atoms with van der Waals surface area (Å²) in [5, 5.41) is 12.8. The van der Waals surface area contributed by atoms with Crippen LogP contribution >= 0.6 is 0 Å². The second-order valence-corrected chi connectivity index (χ2v) is 14.9. The topological polar surface area (TPSA) is 4.93 Å². The van der Waals surface area contributed by atoms with E-state index in [1.807, 2.05) is 0 Å². The van der Waals surface area contributed by atoms with Gasteiger partial charge in [0.2, 0.25) is 0 Å². The monoisotopic (exact) mass is 651 g/mol. The highest BCUT2D eigenvalue weighted by molar-refractivity contribution is 6.30. The van der Waals surface area contributed by atoms with Crippen LogP contribution in [0.2, 0.25) is 0 Å². The molecule has 0 aliphatic carbocycles. The first-order chi connectivity index (χ1) is 24.9. The van der Waals surface area contributed by atoms with Gasteiger partial charge in [0.05, 0.1) is 11.0 Å². The van der Waals surface area contributed by atoms with Gasteiger partial charge in [0.15, 0.2) is 0 Å². The van der Waals surface area contributed by atoms with Crippen LogP contribution in [-0.4, -0.2) is 4.57 Å². The lowest BCUT2D eigenvalue weighted by Crippen LogP contribution is -2.10. The molecule has 0 saturated carbocycles. The zero-order valence-electron chi connectivity index (χ0n) is 29.1. The number of hydrogen-bond acceptors (Lipinski definition) is 0. The van der Waals surface area contributed by atoms with Crippen molar-refractivity contribution in [3.8, 4) is 27.9 Å². The Hall–Kier alpha value is -6.18. The molecule has 0 atom stereocenters. The van der Waals surface area contributed by atoms with Crippen molar-refractivity contribution >= 4 is 64.9 Å². The maximum atomic E-state index is 2.48. The second kappa shape index (κ2) is 11.2. The molecule has 0 fully saturated rings. The van der Waals surface area contributed by atoms with Crippen LogP contribution < -0.4 is 0 Å². The molecule has 0 radical (unpaired) electrons. The number of fused-ring (bicyclic) bond motifs is 10. The number of nitrogens with zero attached hydrogens (tertiary/aromatic N) is 1. The molecule has 1 aromatic heterocycles. The molecule has 1 nitrogen and oxygen atoms in total. The molecule has 1 heteroatoms. The summed E-state index contributed by atoms with van der Waals surface area (Å²) in [4.78, 5) is 0. The lowest BCUT2D eigenvalue weighted by Gasteiger charge is -2.19. The Labute approximate surface area is 298 Å². The molecule has 0 N–H and O–H groups in total. The molecule has 0 amide bonds. The van der Waals surface area contributed by atoms with Gasteiger partial charge in [0.1, 0.15) is 0 Å². The minimum absolute atomic E-state index is 0.0875. The van der Waals surface area contributed by atoms with Gasteiger partial charge in [-0.3, -0.25) is 0 Å². The van der Waals surface area contributed by atoms with Crippen molar-refractivity contribution in [2.45, 2.75) is 26.2 Å². The summed E-state index contributed by atoms with van der Waals surface area (Å²) in [7, 11) is 0. The first-order valence-corrected chi connectivity index (χ1v) is 17.9. The minimum atomic E-state index is 0.0875. The van der Waals surface area contributed by atoms with Gasteiger partial charge in [-0.1, -0.05) is 160 Å². The van der Waals surface area contributed by atoms with E-state index in [1.54, 1.807) is 0 Å². The van der Waals surface area contributed by atoms with Gasteiger partial charge < -0.3 is 4.57 Å². The van der Waals surface area contributed by atoms with Gasteiger partial charge >= 0.3 is 0 Å². The summed E-state index contributed by atoms with van der Waals surface area (Å²) in [6, 6.07) is 63.1. The van der Waals surface area contributed by atoms with Crippen molar-refractivity contribution in [2.75, 3.05) is 0 Å². The van der Waals surface area contributed by atoms with Gasteiger partial charge in [0.25, 0.3) is 0 Å². The number of aromatic nitrogens is 1. The predicted molar refractivity (Wildman–Crippen MR) is 220 cm³/mol. The van der Waals surface area contributed by atoms with E-state index in [0.717, 1.165) is 0 Å². The highest BCUT2D eigenvalue weighted by Crippen LogP contribution is 2.44. The molecule has 10 rings (SSSR count). The normalized spacial score (nSPS) is 12.2. The zero-order valence-corrected chi connectivity index (χ0v) is 29.1. The molecule has 242 valence electrons. The van der Waals surface area contributed by atoms with Crippen LogP contribution in [0.4, 0.5) is 0 Å². The quantitative estimate of drug-likeness (QED) is 0.168. The van der Waals surface area contributed by atoms with E-state index in [2.05, 4.69) is 195 Å². The summed E-state index contributed by atoms with van der Waals surface area (Å²) in [5.74, 6) is 0. The Kier molecular flexibility index (Phi) is 6.51. The maximum absolute atomic E-state index is 2.48. The second-order valence-electron chi connectivity index (χ2n) is 14.9. The van der Waals surface area contributed by atoms with Crippen LogP contribution in [0, 0.1) is 0 Å². The molecule has 1 heterocycles. The first-order valence-electron chi connectivity index (χ1n) is 17.9. The summed E-state index contributed by atoms with van der Waals surface area (Å²) >= 11 is 0. The molecule has 0 bridgehead atoms. The highest BCUT2D eigenvalue weighted by Gasteiger charge is 2.21. The molecule has 51 heavy (non-hydrogen) atoms. The van der Waals surface area contributed by atoms with Crippen LogP contribution in [0.15, 0.2) is 170 Å². The predicted octanol–water partition coefficient (Wildman–Crippen LogP) is 14.0. The Morgan fingerprint density at radius 3 is 1.55 bits per heavy atom. The van der Waals surface area contributed by atoms with E-state index in [-0.39, 0.29) is 5.41 Å². The molecule has 0 unspecified atom stereocenters. The van der Waals surface area contributed by atoms with Gasteiger partial charge in [-0.2, -0.15) is 0 Å². The minimum Gasteiger partial charge on any atom is -0.309 e. The van der Waals surface area contributed by atoms with Crippen molar-refractivity contribution in [1.82, 2.24) is 4.57 Å². The number of hydrogen-bond donors (Lipinski definition) is 0. The lowest BCUT2D eigenvalue weighted by molar-refractivity contribution is 0.590. The summed E-state index contributed by atoms with van der Waals surface area (Å²) in [5.41, 5.74) is 10.0. The fourth-order valence-corrected chi connectivity index (χ4v) is 8.39. The van der Waals surface area contributed by atoms with E-state index in [4.69, 9.17) is 0 Å². The zero-order chi connectivity index (χ0) is 34.3. The average molecular weight is 652 g/mol. The van der Waals surface area contributed by atoms with Crippen LogP contribution in [0.3, 0.4) is 0 Å². The van der Waals surface area contributed by atoms with E-state index in [9.17, 15) is 0 Å². The van der Waals surface area contributed by atoms with Crippen LogP contribution in [0.5, 0.6) is 0 Å². The first kappa shape index (κ1) is 29.7. The van der Waals surface area contributed by atoms with Gasteiger partial charge in [0, 0.05) is 16.5 Å². The van der Waals surface area contributed by atoms with Crippen molar-refractivity contribution in [3.05, 3.63) is 175 Å². The van der Waals surface area contributed by atoms with Crippen molar-refractivity contribution in [3.63, 3.8) is 0 Å². The van der Waals surface area contributed by atoms with E-state index in [0.29, 0.717) is 0 Å². The Bertz CT molecular complexity index is 2970. The maximum Gasteiger partial charge on any atom is 0.0553 e. The molecule has 0 aliphatic rings. The summed E-state index contributed by atoms with van der Waals surface area (Å²) in [6.07, 6.45) is 0. The van der Waals surface area contributed by atoms with E-state index >= 15 is 0 Å². The molecule has 10 aromatic rings. The third kappa shape index (κ3) is 4.62. The molecular formula is C50H37N. The average Bonchev–Trinajstić information content (AvgIpc) is 3.52. The summed E-state index contributed by atoms with van der Waals surface area (Å²) < 4.78 is 2.48. The molecule has 0 aliphatic heterocycles. The van der Waals surface area contributed by atoms with Crippen LogP contribution in [0.1, 0.15) is 26.3 Å². The fourth-order valence-electron chi connectivity index (χ4n) is 8.39. The number of rotatable bonds is 3. The van der Waals surface area contributed by atoms with Crippen molar-refractivity contribution < 1.29 is 0 Å². The van der Waals surface area contributed by atoms with Gasteiger partial charge in [-0.15, -0.1) is 0 Å². The fraction of sp³-hybridized carbons (Fsp3) is 0.0800. The molecule has 0 spiro atoms.